The van der Waals surface area contributed by atoms with Crippen LogP contribution in [0.4, 0.5) is 4.39 Å². The van der Waals surface area contributed by atoms with Gasteiger partial charge in [-0.15, -0.1) is 0 Å². The molecule has 1 aliphatic heterocycles. The van der Waals surface area contributed by atoms with Crippen LogP contribution in [0.2, 0.25) is 0 Å². The molecule has 1 heterocycles. The Bertz CT molecular complexity index is 517. The zero-order chi connectivity index (χ0) is 13.8. The third-order valence-corrected chi connectivity index (χ3v) is 3.37. The van der Waals surface area contributed by atoms with Gasteiger partial charge in [0.25, 0.3) is 5.91 Å². The summed E-state index contributed by atoms with van der Waals surface area (Å²) in [6.07, 6.45) is 1.28. The van der Waals surface area contributed by atoms with Crippen LogP contribution in [0.3, 0.4) is 0 Å². The highest BCUT2D eigenvalue weighted by atomic mass is 19.1. The van der Waals surface area contributed by atoms with Crippen molar-refractivity contribution in [3.8, 4) is 11.8 Å². The summed E-state index contributed by atoms with van der Waals surface area (Å²) in [5.41, 5.74) is -0.0274. The molecule has 1 aromatic carbocycles. The Hall–Kier alpha value is -2.09. The number of nitrogens with zero attached hydrogens (tertiary/aromatic N) is 2. The van der Waals surface area contributed by atoms with Gasteiger partial charge < -0.3 is 9.64 Å². The molecule has 0 atom stereocenters. The monoisotopic (exact) mass is 262 g/mol. The summed E-state index contributed by atoms with van der Waals surface area (Å²) >= 11 is 0. The molecule has 1 fully saturated rings. The largest absolute Gasteiger partial charge is 0.496 e. The van der Waals surface area contributed by atoms with Gasteiger partial charge in [-0.2, -0.15) is 5.26 Å². The van der Waals surface area contributed by atoms with E-state index in [-0.39, 0.29) is 23.1 Å². The predicted octanol–water partition coefficient (Wildman–Crippen LogP) is 2.21. The molecule has 1 amide bonds. The number of benzene rings is 1. The number of carbonyl (C=O) groups excluding carboxylic acids is 1. The number of rotatable bonds is 2. The molecule has 0 radical (unpaired) electrons. The quantitative estimate of drug-likeness (QED) is 0.821. The van der Waals surface area contributed by atoms with E-state index < -0.39 is 5.82 Å². The summed E-state index contributed by atoms with van der Waals surface area (Å²) in [7, 11) is 1.41. The van der Waals surface area contributed by atoms with E-state index >= 15 is 0 Å². The van der Waals surface area contributed by atoms with E-state index in [1.165, 1.54) is 19.2 Å². The molecule has 0 bridgehead atoms. The zero-order valence-electron chi connectivity index (χ0n) is 10.7. The number of ether oxygens (including phenoxy) is 1. The van der Waals surface area contributed by atoms with E-state index in [9.17, 15) is 9.18 Å². The Morgan fingerprint density at radius 2 is 2.16 bits per heavy atom. The van der Waals surface area contributed by atoms with Gasteiger partial charge in [-0.3, -0.25) is 4.79 Å². The maximum absolute atomic E-state index is 13.8. The Balaban J connectivity index is 2.19. The average Bonchev–Trinajstić information content (AvgIpc) is 2.46. The zero-order valence-corrected chi connectivity index (χ0v) is 10.7. The van der Waals surface area contributed by atoms with Gasteiger partial charge in [0.15, 0.2) is 0 Å². The summed E-state index contributed by atoms with van der Waals surface area (Å²) in [6.45, 7) is 0.961. The number of amides is 1. The molecule has 0 unspecified atom stereocenters. The molecule has 1 saturated heterocycles. The predicted molar refractivity (Wildman–Crippen MR) is 67.2 cm³/mol. The van der Waals surface area contributed by atoms with Crippen molar-refractivity contribution in [2.75, 3.05) is 20.2 Å². The number of hydrogen-bond donors (Lipinski definition) is 0. The SMILES string of the molecule is COc1cccc(F)c1C(=O)N1CCC(C#N)CC1. The number of piperidine rings is 1. The molecule has 0 spiro atoms. The molecule has 1 aliphatic rings. The maximum atomic E-state index is 13.8. The number of nitriles is 1. The normalized spacial score (nSPS) is 15.9. The molecule has 0 N–H and O–H groups in total. The van der Waals surface area contributed by atoms with Gasteiger partial charge in [0.05, 0.1) is 13.2 Å². The van der Waals surface area contributed by atoms with Gasteiger partial charge in [0.2, 0.25) is 0 Å². The smallest absolute Gasteiger partial charge is 0.260 e. The second kappa shape index (κ2) is 5.70. The van der Waals surface area contributed by atoms with E-state index in [1.54, 1.807) is 11.0 Å². The van der Waals surface area contributed by atoms with E-state index in [0.717, 1.165) is 0 Å². The van der Waals surface area contributed by atoms with Crippen molar-refractivity contribution in [1.82, 2.24) is 4.90 Å². The molecule has 0 aliphatic carbocycles. The molecule has 0 aromatic heterocycles. The van der Waals surface area contributed by atoms with Crippen LogP contribution in [-0.2, 0) is 0 Å². The maximum Gasteiger partial charge on any atom is 0.260 e. The standard InChI is InChI=1S/C14H15FN2O2/c1-19-12-4-2-3-11(15)13(12)14(18)17-7-5-10(9-16)6-8-17/h2-4,10H,5-8H2,1H3. The number of hydrogen-bond acceptors (Lipinski definition) is 3. The van der Waals surface area contributed by atoms with Crippen molar-refractivity contribution in [3.05, 3.63) is 29.6 Å². The number of halogens is 1. The fraction of sp³-hybridized carbons (Fsp3) is 0.429. The van der Waals surface area contributed by atoms with Crippen molar-refractivity contribution in [2.45, 2.75) is 12.8 Å². The summed E-state index contributed by atoms with van der Waals surface area (Å²) in [5.74, 6) is -0.711. The highest BCUT2D eigenvalue weighted by molar-refractivity contribution is 5.97. The lowest BCUT2D eigenvalue weighted by atomic mass is 9.98. The third-order valence-electron chi connectivity index (χ3n) is 3.37. The topological polar surface area (TPSA) is 53.3 Å². The first-order chi connectivity index (χ1) is 9.17. The molecule has 19 heavy (non-hydrogen) atoms. The Morgan fingerprint density at radius 3 is 2.74 bits per heavy atom. The van der Waals surface area contributed by atoms with Gasteiger partial charge in [-0.05, 0) is 25.0 Å². The third kappa shape index (κ3) is 2.68. The molecule has 2 rings (SSSR count). The first kappa shape index (κ1) is 13.3. The lowest BCUT2D eigenvalue weighted by molar-refractivity contribution is 0.0699. The molecule has 1 aromatic rings. The first-order valence-corrected chi connectivity index (χ1v) is 6.18. The highest BCUT2D eigenvalue weighted by Crippen LogP contribution is 2.25. The van der Waals surface area contributed by atoms with Gasteiger partial charge in [-0.1, -0.05) is 6.07 Å². The van der Waals surface area contributed by atoms with E-state index in [0.29, 0.717) is 25.9 Å². The van der Waals surface area contributed by atoms with E-state index in [1.807, 2.05) is 0 Å². The van der Waals surface area contributed by atoms with Crippen LogP contribution in [0.5, 0.6) is 5.75 Å². The second-order valence-electron chi connectivity index (χ2n) is 4.51. The van der Waals surface area contributed by atoms with Crippen molar-refractivity contribution < 1.29 is 13.9 Å². The minimum atomic E-state index is -0.577. The van der Waals surface area contributed by atoms with Crippen LogP contribution in [0, 0.1) is 23.1 Å². The van der Waals surface area contributed by atoms with Crippen LogP contribution < -0.4 is 4.74 Å². The van der Waals surface area contributed by atoms with Crippen LogP contribution in [0.15, 0.2) is 18.2 Å². The van der Waals surface area contributed by atoms with Crippen LogP contribution in [0.25, 0.3) is 0 Å². The molecule has 0 saturated carbocycles. The van der Waals surface area contributed by atoms with Gasteiger partial charge in [0.1, 0.15) is 17.1 Å². The van der Waals surface area contributed by atoms with Crippen LogP contribution >= 0.6 is 0 Å². The fourth-order valence-electron chi connectivity index (χ4n) is 2.25. The van der Waals surface area contributed by atoms with Crippen LogP contribution in [0.1, 0.15) is 23.2 Å². The van der Waals surface area contributed by atoms with Crippen molar-refractivity contribution in [1.29, 1.82) is 5.26 Å². The Labute approximate surface area is 111 Å². The summed E-state index contributed by atoms with van der Waals surface area (Å²) < 4.78 is 18.8. The van der Waals surface area contributed by atoms with Crippen molar-refractivity contribution in [3.63, 3.8) is 0 Å². The Kier molecular flexibility index (Phi) is 4.00. The summed E-state index contributed by atoms with van der Waals surface area (Å²) in [4.78, 5) is 13.9. The lowest BCUT2D eigenvalue weighted by Crippen LogP contribution is -2.38. The Morgan fingerprint density at radius 1 is 1.47 bits per heavy atom. The highest BCUT2D eigenvalue weighted by Gasteiger charge is 2.27. The molecule has 4 nitrogen and oxygen atoms in total. The molecular formula is C14H15FN2O2. The molecule has 100 valence electrons. The van der Waals surface area contributed by atoms with Gasteiger partial charge in [0, 0.05) is 19.0 Å². The first-order valence-electron chi connectivity index (χ1n) is 6.18. The lowest BCUT2D eigenvalue weighted by Gasteiger charge is -2.29. The number of carbonyl (C=O) groups is 1. The number of methoxy groups -OCH3 is 1. The van der Waals surface area contributed by atoms with E-state index in [2.05, 4.69) is 6.07 Å². The van der Waals surface area contributed by atoms with E-state index in [4.69, 9.17) is 10.00 Å². The van der Waals surface area contributed by atoms with Gasteiger partial charge >= 0.3 is 0 Å². The molecule has 5 heteroatoms. The van der Waals surface area contributed by atoms with Crippen molar-refractivity contribution >= 4 is 5.91 Å². The molecular weight excluding hydrogens is 247 g/mol. The second-order valence-corrected chi connectivity index (χ2v) is 4.51. The minimum Gasteiger partial charge on any atom is -0.496 e. The minimum absolute atomic E-state index is 0.00781. The fourth-order valence-corrected chi connectivity index (χ4v) is 2.25. The average molecular weight is 262 g/mol. The van der Waals surface area contributed by atoms with Crippen LogP contribution in [-0.4, -0.2) is 31.0 Å². The van der Waals surface area contributed by atoms with Gasteiger partial charge in [-0.25, -0.2) is 4.39 Å². The summed E-state index contributed by atoms with van der Waals surface area (Å²) in [6, 6.07) is 6.52. The summed E-state index contributed by atoms with van der Waals surface area (Å²) in [5, 5.41) is 8.83. The van der Waals surface area contributed by atoms with Crippen molar-refractivity contribution in [2.24, 2.45) is 5.92 Å². The number of likely N-dealkylation sites (tertiary alicyclic amines) is 1.